The molecule has 6 heteroatoms. The van der Waals surface area contributed by atoms with E-state index in [1.54, 1.807) is 0 Å². The van der Waals surface area contributed by atoms with Gasteiger partial charge in [-0.05, 0) is 83.2 Å². The van der Waals surface area contributed by atoms with Gasteiger partial charge in [0.2, 0.25) is 0 Å². The molecule has 28 heavy (non-hydrogen) atoms. The lowest BCUT2D eigenvalue weighted by Gasteiger charge is -2.26. The minimum atomic E-state index is 0.770. The van der Waals surface area contributed by atoms with Crippen molar-refractivity contribution in [2.24, 2.45) is 0 Å². The summed E-state index contributed by atoms with van der Waals surface area (Å²) < 4.78 is 2.14. The summed E-state index contributed by atoms with van der Waals surface area (Å²) in [6.45, 7) is 13.4. The van der Waals surface area contributed by atoms with Crippen LogP contribution in [0.2, 0.25) is 5.02 Å². The average molecular weight is 406 g/mol. The van der Waals surface area contributed by atoms with E-state index in [1.807, 2.05) is 12.1 Å². The van der Waals surface area contributed by atoms with E-state index in [0.717, 1.165) is 61.8 Å². The molecular formula is C22H36ClN5. The van der Waals surface area contributed by atoms with Crippen LogP contribution < -0.4 is 5.32 Å². The highest BCUT2D eigenvalue weighted by atomic mass is 35.5. The maximum atomic E-state index is 6.27. The lowest BCUT2D eigenvalue weighted by molar-refractivity contribution is 0.228. The highest BCUT2D eigenvalue weighted by Gasteiger charge is 2.12. The molecule has 1 aromatic carbocycles. The summed E-state index contributed by atoms with van der Waals surface area (Å²) in [4.78, 5) is 5.05. The second-order valence-electron chi connectivity index (χ2n) is 7.80. The quantitative estimate of drug-likeness (QED) is 0.549. The maximum absolute atomic E-state index is 6.27. The molecule has 5 nitrogen and oxygen atoms in total. The fourth-order valence-corrected chi connectivity index (χ4v) is 4.30. The van der Waals surface area contributed by atoms with Crippen molar-refractivity contribution in [3.05, 3.63) is 23.2 Å². The molecule has 3 rings (SSSR count). The first kappa shape index (κ1) is 21.4. The van der Waals surface area contributed by atoms with Gasteiger partial charge in [0.1, 0.15) is 0 Å². The topological polar surface area (TPSA) is 36.3 Å². The summed E-state index contributed by atoms with van der Waals surface area (Å²) >= 11 is 6.27. The number of piperidine rings is 1. The summed E-state index contributed by atoms with van der Waals surface area (Å²) in [6, 6.07) is 6.10. The van der Waals surface area contributed by atoms with Gasteiger partial charge >= 0.3 is 0 Å². The molecule has 156 valence electrons. The van der Waals surface area contributed by atoms with Gasteiger partial charge in [0.15, 0.2) is 5.82 Å². The normalized spacial score (nSPS) is 15.6. The van der Waals surface area contributed by atoms with Crippen molar-refractivity contribution in [3.63, 3.8) is 0 Å². The Hall–Kier alpha value is -1.30. The summed E-state index contributed by atoms with van der Waals surface area (Å²) in [5.74, 6) is 0.971. The van der Waals surface area contributed by atoms with Crippen LogP contribution in [-0.4, -0.2) is 65.4 Å². The van der Waals surface area contributed by atoms with Crippen molar-refractivity contribution >= 4 is 28.3 Å². The van der Waals surface area contributed by atoms with E-state index in [-0.39, 0.29) is 0 Å². The number of anilines is 1. The van der Waals surface area contributed by atoms with Crippen molar-refractivity contribution < 1.29 is 0 Å². The summed E-state index contributed by atoms with van der Waals surface area (Å²) in [6.07, 6.45) is 6.36. The van der Waals surface area contributed by atoms with Gasteiger partial charge in [0.05, 0.1) is 5.52 Å². The van der Waals surface area contributed by atoms with Gasteiger partial charge in [-0.25, -0.2) is 0 Å². The third-order valence-corrected chi connectivity index (χ3v) is 6.08. The zero-order chi connectivity index (χ0) is 19.8. The number of aryl methyl sites for hydroxylation is 1. The van der Waals surface area contributed by atoms with Crippen LogP contribution in [0.3, 0.4) is 0 Å². The summed E-state index contributed by atoms with van der Waals surface area (Å²) in [5.41, 5.74) is 1.17. The highest BCUT2D eigenvalue weighted by Crippen LogP contribution is 2.26. The van der Waals surface area contributed by atoms with E-state index in [1.165, 1.54) is 44.4 Å². The Labute approximate surface area is 175 Å². The third-order valence-electron chi connectivity index (χ3n) is 5.84. The van der Waals surface area contributed by atoms with Gasteiger partial charge in [0.25, 0.3) is 0 Å². The van der Waals surface area contributed by atoms with Crippen molar-refractivity contribution in [2.75, 3.05) is 51.1 Å². The number of hydrogen-bond donors (Lipinski definition) is 1. The Morgan fingerprint density at radius 1 is 1.07 bits per heavy atom. The number of aromatic nitrogens is 2. The number of benzene rings is 1. The minimum Gasteiger partial charge on any atom is -0.368 e. The maximum Gasteiger partial charge on any atom is 0.156 e. The Morgan fingerprint density at radius 3 is 2.61 bits per heavy atom. The molecule has 1 fully saturated rings. The number of halogens is 1. The van der Waals surface area contributed by atoms with Crippen LogP contribution in [0.15, 0.2) is 18.2 Å². The molecule has 0 amide bonds. The van der Waals surface area contributed by atoms with Crippen molar-refractivity contribution in [1.82, 2.24) is 19.6 Å². The second kappa shape index (κ2) is 11.0. The molecule has 0 atom stereocenters. The molecule has 0 unspecified atom stereocenters. The van der Waals surface area contributed by atoms with Gasteiger partial charge < -0.3 is 15.1 Å². The Balaban J connectivity index is 1.58. The van der Waals surface area contributed by atoms with Crippen LogP contribution in [0.5, 0.6) is 0 Å². The second-order valence-corrected chi connectivity index (χ2v) is 8.23. The molecule has 2 aromatic rings. The predicted molar refractivity (Wildman–Crippen MR) is 121 cm³/mol. The van der Waals surface area contributed by atoms with Gasteiger partial charge in [-0.3, -0.25) is 4.68 Å². The van der Waals surface area contributed by atoms with Crippen molar-refractivity contribution in [2.45, 2.75) is 52.5 Å². The first-order valence-corrected chi connectivity index (χ1v) is 11.4. The molecule has 1 saturated heterocycles. The molecule has 0 radical (unpaired) electrons. The highest BCUT2D eigenvalue weighted by molar-refractivity contribution is 6.31. The minimum absolute atomic E-state index is 0.770. The first-order valence-electron chi connectivity index (χ1n) is 11.1. The standard InChI is InChI=1S/C22H36ClN5/c1-3-26(4-2)16-9-17-28-21-11-10-19(23)18-20(21)22(25-28)24-12-8-15-27-13-6-5-7-14-27/h10-11,18H,3-9,12-17H2,1-2H3,(H,24,25). The summed E-state index contributed by atoms with van der Waals surface area (Å²) in [5, 5.41) is 10.3. The van der Waals surface area contributed by atoms with E-state index in [0.29, 0.717) is 0 Å². The zero-order valence-electron chi connectivity index (χ0n) is 17.6. The molecule has 1 aliphatic rings. The first-order chi connectivity index (χ1) is 13.7. The zero-order valence-corrected chi connectivity index (χ0v) is 18.3. The van der Waals surface area contributed by atoms with Gasteiger partial charge in [-0.1, -0.05) is 31.9 Å². The number of hydrogen-bond acceptors (Lipinski definition) is 4. The number of nitrogens with zero attached hydrogens (tertiary/aromatic N) is 4. The molecule has 0 saturated carbocycles. The van der Waals surface area contributed by atoms with E-state index in [2.05, 4.69) is 39.7 Å². The van der Waals surface area contributed by atoms with Crippen molar-refractivity contribution in [1.29, 1.82) is 0 Å². The Morgan fingerprint density at radius 2 is 1.86 bits per heavy atom. The largest absolute Gasteiger partial charge is 0.368 e. The van der Waals surface area contributed by atoms with Crippen LogP contribution in [0.1, 0.15) is 46.0 Å². The molecule has 2 heterocycles. The molecule has 0 spiro atoms. The number of likely N-dealkylation sites (tertiary alicyclic amines) is 1. The lowest BCUT2D eigenvalue weighted by atomic mass is 10.1. The molecular weight excluding hydrogens is 370 g/mol. The van der Waals surface area contributed by atoms with Crippen LogP contribution in [0.4, 0.5) is 5.82 Å². The number of nitrogens with one attached hydrogen (secondary N) is 1. The van der Waals surface area contributed by atoms with Gasteiger partial charge in [-0.15, -0.1) is 0 Å². The fraction of sp³-hybridized carbons (Fsp3) is 0.682. The summed E-state index contributed by atoms with van der Waals surface area (Å²) in [7, 11) is 0. The predicted octanol–water partition coefficient (Wildman–Crippen LogP) is 4.71. The SMILES string of the molecule is CCN(CC)CCCn1nc(NCCCN2CCCCC2)c2cc(Cl)ccc21. The molecule has 0 aliphatic carbocycles. The molecule has 0 bridgehead atoms. The smallest absolute Gasteiger partial charge is 0.156 e. The molecule has 1 aliphatic heterocycles. The number of fused-ring (bicyclic) bond motifs is 1. The molecule has 1 N–H and O–H groups in total. The third kappa shape index (κ3) is 5.85. The van der Waals surface area contributed by atoms with E-state index in [4.69, 9.17) is 16.7 Å². The monoisotopic (exact) mass is 405 g/mol. The van der Waals surface area contributed by atoms with E-state index < -0.39 is 0 Å². The van der Waals surface area contributed by atoms with Gasteiger partial charge in [-0.2, -0.15) is 5.10 Å². The van der Waals surface area contributed by atoms with Crippen molar-refractivity contribution in [3.8, 4) is 0 Å². The Bertz CT molecular complexity index is 719. The molecule has 1 aromatic heterocycles. The van der Waals surface area contributed by atoms with Crippen LogP contribution in [0, 0.1) is 0 Å². The fourth-order valence-electron chi connectivity index (χ4n) is 4.13. The Kier molecular flexibility index (Phi) is 8.44. The number of rotatable bonds is 11. The van der Waals surface area contributed by atoms with Crippen LogP contribution in [-0.2, 0) is 6.54 Å². The van der Waals surface area contributed by atoms with Crippen LogP contribution in [0.25, 0.3) is 10.9 Å². The lowest BCUT2D eigenvalue weighted by Crippen LogP contribution is -2.31. The van der Waals surface area contributed by atoms with E-state index in [9.17, 15) is 0 Å². The van der Waals surface area contributed by atoms with Crippen LogP contribution >= 0.6 is 11.6 Å². The van der Waals surface area contributed by atoms with E-state index >= 15 is 0 Å². The average Bonchev–Trinajstić information content (AvgIpc) is 3.06. The van der Waals surface area contributed by atoms with Gasteiger partial charge in [0, 0.05) is 23.5 Å².